The molecule has 1 aliphatic rings. The van der Waals surface area contributed by atoms with Crippen molar-refractivity contribution in [3.05, 3.63) is 0 Å². The molecule has 1 N–H and O–H groups in total. The minimum Gasteiger partial charge on any atom is -0.381 e. The van der Waals surface area contributed by atoms with Gasteiger partial charge in [0.25, 0.3) is 0 Å². The summed E-state index contributed by atoms with van der Waals surface area (Å²) in [5.74, 6) is 0.590. The molecule has 0 radical (unpaired) electrons. The summed E-state index contributed by atoms with van der Waals surface area (Å²) in [5, 5.41) is 3.30. The van der Waals surface area contributed by atoms with Crippen molar-refractivity contribution in [3.63, 3.8) is 0 Å². The van der Waals surface area contributed by atoms with Crippen LogP contribution in [0.5, 0.6) is 0 Å². The van der Waals surface area contributed by atoms with Crippen molar-refractivity contribution in [1.82, 2.24) is 9.62 Å². The standard InChI is InChI=1S/C12H26N2O3S/c1-3-14(11-12-5-7-13-8-6-12)18(15,16)10-9-17-4-2/h12-13H,3-11H2,1-2H3. The van der Waals surface area contributed by atoms with Crippen LogP contribution in [0.3, 0.4) is 0 Å². The Morgan fingerprint density at radius 1 is 1.28 bits per heavy atom. The molecule has 1 fully saturated rings. The van der Waals surface area contributed by atoms with E-state index in [0.29, 0.717) is 32.2 Å². The van der Waals surface area contributed by atoms with Gasteiger partial charge in [-0.05, 0) is 38.8 Å². The predicted molar refractivity (Wildman–Crippen MR) is 73.1 cm³/mol. The molecule has 0 spiro atoms. The molecule has 0 bridgehead atoms. The van der Waals surface area contributed by atoms with Crippen LogP contribution in [-0.4, -0.2) is 57.9 Å². The van der Waals surface area contributed by atoms with Crippen LogP contribution in [0, 0.1) is 5.92 Å². The quantitative estimate of drug-likeness (QED) is 0.663. The highest BCUT2D eigenvalue weighted by Crippen LogP contribution is 2.15. The molecule has 0 atom stereocenters. The molecule has 1 rings (SSSR count). The number of nitrogens with one attached hydrogen (secondary N) is 1. The van der Waals surface area contributed by atoms with Crippen LogP contribution >= 0.6 is 0 Å². The van der Waals surface area contributed by atoms with Crippen LogP contribution < -0.4 is 5.32 Å². The summed E-state index contributed by atoms with van der Waals surface area (Å²) in [6.07, 6.45) is 2.13. The third-order valence-electron chi connectivity index (χ3n) is 3.36. The van der Waals surface area contributed by atoms with Gasteiger partial charge in [0, 0.05) is 19.7 Å². The monoisotopic (exact) mass is 278 g/mol. The minimum absolute atomic E-state index is 0.0969. The van der Waals surface area contributed by atoms with Gasteiger partial charge in [0.1, 0.15) is 0 Å². The normalized spacial score (nSPS) is 18.4. The topological polar surface area (TPSA) is 58.6 Å². The van der Waals surface area contributed by atoms with Gasteiger partial charge < -0.3 is 10.1 Å². The Hall–Kier alpha value is -0.170. The predicted octanol–water partition coefficient (Wildman–Crippen LogP) is 0.674. The molecule has 1 aliphatic heterocycles. The number of rotatable bonds is 8. The van der Waals surface area contributed by atoms with Crippen molar-refractivity contribution in [2.75, 3.05) is 45.1 Å². The fourth-order valence-corrected chi connectivity index (χ4v) is 3.65. The van der Waals surface area contributed by atoms with Crippen molar-refractivity contribution in [2.24, 2.45) is 5.92 Å². The molecule has 18 heavy (non-hydrogen) atoms. The molecule has 0 amide bonds. The van der Waals surface area contributed by atoms with Gasteiger partial charge in [0.05, 0.1) is 12.4 Å². The maximum absolute atomic E-state index is 12.1. The molecule has 1 heterocycles. The zero-order chi connectivity index (χ0) is 13.4. The lowest BCUT2D eigenvalue weighted by Gasteiger charge is -2.28. The van der Waals surface area contributed by atoms with Gasteiger partial charge in [-0.15, -0.1) is 0 Å². The van der Waals surface area contributed by atoms with Crippen LogP contribution in [0.25, 0.3) is 0 Å². The number of hydrogen-bond acceptors (Lipinski definition) is 4. The van der Waals surface area contributed by atoms with Crippen molar-refractivity contribution < 1.29 is 13.2 Å². The Morgan fingerprint density at radius 3 is 2.50 bits per heavy atom. The molecular formula is C12H26N2O3S. The van der Waals surface area contributed by atoms with Crippen LogP contribution in [0.4, 0.5) is 0 Å². The fourth-order valence-electron chi connectivity index (χ4n) is 2.23. The lowest BCUT2D eigenvalue weighted by Crippen LogP contribution is -2.40. The number of nitrogens with zero attached hydrogens (tertiary/aromatic N) is 1. The van der Waals surface area contributed by atoms with E-state index in [1.807, 2.05) is 13.8 Å². The zero-order valence-corrected chi connectivity index (χ0v) is 12.3. The van der Waals surface area contributed by atoms with E-state index < -0.39 is 10.0 Å². The van der Waals surface area contributed by atoms with Gasteiger partial charge >= 0.3 is 0 Å². The molecular weight excluding hydrogens is 252 g/mol. The van der Waals surface area contributed by atoms with E-state index in [2.05, 4.69) is 5.32 Å². The Morgan fingerprint density at radius 2 is 1.94 bits per heavy atom. The fraction of sp³-hybridized carbons (Fsp3) is 1.00. The molecule has 0 aromatic rings. The summed E-state index contributed by atoms with van der Waals surface area (Å²) < 4.78 is 31.0. The Kier molecular flexibility index (Phi) is 7.14. The Bertz CT molecular complexity index is 313. The van der Waals surface area contributed by atoms with E-state index in [0.717, 1.165) is 25.9 Å². The van der Waals surface area contributed by atoms with E-state index in [-0.39, 0.29) is 5.75 Å². The molecule has 5 nitrogen and oxygen atoms in total. The molecule has 0 aromatic carbocycles. The largest absolute Gasteiger partial charge is 0.381 e. The Labute approximate surface area is 111 Å². The maximum atomic E-state index is 12.1. The summed E-state index contributed by atoms with van der Waals surface area (Å²) in [7, 11) is -3.16. The molecule has 0 aromatic heterocycles. The molecule has 0 aliphatic carbocycles. The third-order valence-corrected chi connectivity index (χ3v) is 5.23. The van der Waals surface area contributed by atoms with Gasteiger partial charge in [-0.1, -0.05) is 6.92 Å². The second kappa shape index (κ2) is 8.09. The summed E-state index contributed by atoms with van der Waals surface area (Å²) >= 11 is 0. The van der Waals surface area contributed by atoms with Crippen molar-refractivity contribution in [3.8, 4) is 0 Å². The summed E-state index contributed by atoms with van der Waals surface area (Å²) in [5.41, 5.74) is 0. The first kappa shape index (κ1) is 15.9. The first-order valence-corrected chi connectivity index (χ1v) is 8.47. The summed E-state index contributed by atoms with van der Waals surface area (Å²) in [4.78, 5) is 0. The average Bonchev–Trinajstić information content (AvgIpc) is 2.37. The molecule has 0 saturated carbocycles. The van der Waals surface area contributed by atoms with Gasteiger partial charge in [-0.2, -0.15) is 0 Å². The molecule has 0 unspecified atom stereocenters. The van der Waals surface area contributed by atoms with Crippen LogP contribution in [-0.2, 0) is 14.8 Å². The zero-order valence-electron chi connectivity index (χ0n) is 11.5. The van der Waals surface area contributed by atoms with Gasteiger partial charge in [0.15, 0.2) is 0 Å². The van der Waals surface area contributed by atoms with E-state index in [4.69, 9.17) is 4.74 Å². The molecule has 6 heteroatoms. The number of sulfonamides is 1. The van der Waals surface area contributed by atoms with Crippen LogP contribution in [0.1, 0.15) is 26.7 Å². The second-order valence-electron chi connectivity index (χ2n) is 4.66. The number of hydrogen-bond donors (Lipinski definition) is 1. The van der Waals surface area contributed by atoms with E-state index in [1.165, 1.54) is 0 Å². The highest BCUT2D eigenvalue weighted by molar-refractivity contribution is 7.89. The Balaban J connectivity index is 2.47. The lowest BCUT2D eigenvalue weighted by atomic mass is 9.98. The highest BCUT2D eigenvalue weighted by atomic mass is 32.2. The van der Waals surface area contributed by atoms with Gasteiger partial charge in [-0.25, -0.2) is 12.7 Å². The summed E-state index contributed by atoms with van der Waals surface area (Å²) in [6.45, 7) is 7.85. The minimum atomic E-state index is -3.16. The first-order valence-electron chi connectivity index (χ1n) is 6.86. The van der Waals surface area contributed by atoms with Crippen LogP contribution in [0.15, 0.2) is 0 Å². The SMILES string of the molecule is CCOCCS(=O)(=O)N(CC)CC1CCNCC1. The second-order valence-corrected chi connectivity index (χ2v) is 6.75. The van der Waals surface area contributed by atoms with Crippen molar-refractivity contribution in [1.29, 1.82) is 0 Å². The third kappa shape index (κ3) is 5.22. The summed E-state index contributed by atoms with van der Waals surface area (Å²) in [6, 6.07) is 0. The van der Waals surface area contributed by atoms with Gasteiger partial charge in [0.2, 0.25) is 10.0 Å². The average molecular weight is 278 g/mol. The molecule has 1 saturated heterocycles. The smallest absolute Gasteiger partial charge is 0.216 e. The highest BCUT2D eigenvalue weighted by Gasteiger charge is 2.24. The van der Waals surface area contributed by atoms with E-state index >= 15 is 0 Å². The number of ether oxygens (including phenoxy) is 1. The first-order chi connectivity index (χ1) is 8.60. The lowest BCUT2D eigenvalue weighted by molar-refractivity contribution is 0.162. The van der Waals surface area contributed by atoms with Crippen LogP contribution in [0.2, 0.25) is 0 Å². The van der Waals surface area contributed by atoms with E-state index in [1.54, 1.807) is 4.31 Å². The maximum Gasteiger partial charge on any atom is 0.216 e. The van der Waals surface area contributed by atoms with Crippen molar-refractivity contribution in [2.45, 2.75) is 26.7 Å². The van der Waals surface area contributed by atoms with Crippen molar-refractivity contribution >= 4 is 10.0 Å². The molecule has 108 valence electrons. The number of piperidine rings is 1. The van der Waals surface area contributed by atoms with E-state index in [9.17, 15) is 8.42 Å². The van der Waals surface area contributed by atoms with Gasteiger partial charge in [-0.3, -0.25) is 0 Å².